The van der Waals surface area contributed by atoms with E-state index >= 15 is 0 Å². The molecule has 0 fully saturated rings. The molecule has 1 N–H and O–H groups in total. The first-order valence-electron chi connectivity index (χ1n) is 12.5. The van der Waals surface area contributed by atoms with Gasteiger partial charge in [0, 0.05) is 11.9 Å². The minimum absolute atomic E-state index is 0.875. The van der Waals surface area contributed by atoms with Gasteiger partial charge in [0.25, 0.3) is 0 Å². The van der Waals surface area contributed by atoms with Gasteiger partial charge in [0.05, 0.1) is 5.52 Å². The minimum atomic E-state index is 0.875. The van der Waals surface area contributed by atoms with Gasteiger partial charge in [-0.2, -0.15) is 0 Å². The lowest BCUT2D eigenvalue weighted by molar-refractivity contribution is 0.537. The maximum atomic E-state index is 4.73. The highest BCUT2D eigenvalue weighted by molar-refractivity contribution is 7.99. The molecule has 1 heterocycles. The van der Waals surface area contributed by atoms with Crippen LogP contribution in [-0.2, 0) is 0 Å². The van der Waals surface area contributed by atoms with Crippen LogP contribution in [0.5, 0.6) is 0 Å². The van der Waals surface area contributed by atoms with Crippen LogP contribution >= 0.6 is 11.8 Å². The molecule has 0 aliphatic rings. The molecule has 168 valence electrons. The highest BCUT2D eigenvalue weighted by Gasteiger charge is 2.07. The van der Waals surface area contributed by atoms with E-state index in [1.165, 1.54) is 89.9 Å². The van der Waals surface area contributed by atoms with Crippen molar-refractivity contribution < 1.29 is 0 Å². The quantitative estimate of drug-likeness (QED) is 0.146. The number of hydrogen-bond donors (Lipinski definition) is 1. The van der Waals surface area contributed by atoms with Crippen molar-refractivity contribution in [1.82, 2.24) is 9.97 Å². The van der Waals surface area contributed by atoms with Gasteiger partial charge in [-0.25, -0.2) is 9.97 Å². The van der Waals surface area contributed by atoms with Crippen LogP contribution in [0.2, 0.25) is 0 Å². The minimum Gasteiger partial charge on any atom is -0.369 e. The van der Waals surface area contributed by atoms with Gasteiger partial charge in [-0.1, -0.05) is 121 Å². The number of nitrogens with one attached hydrogen (secondary N) is 1. The first kappa shape index (κ1) is 25.0. The summed E-state index contributed by atoms with van der Waals surface area (Å²) in [5.74, 6) is 1.99. The predicted octanol–water partition coefficient (Wildman–Crippen LogP) is 8.64. The summed E-state index contributed by atoms with van der Waals surface area (Å²) in [6.45, 7) is 5.43. The first-order chi connectivity index (χ1) is 14.8. The van der Waals surface area contributed by atoms with Gasteiger partial charge in [-0.3, -0.25) is 0 Å². The van der Waals surface area contributed by atoms with Crippen LogP contribution in [0, 0.1) is 0 Å². The normalized spacial score (nSPS) is 11.3. The van der Waals surface area contributed by atoms with Crippen molar-refractivity contribution in [2.45, 2.75) is 109 Å². The Bertz CT molecular complexity index is 689. The third-order valence-corrected chi connectivity index (χ3v) is 6.41. The Morgan fingerprint density at radius 3 is 1.87 bits per heavy atom. The van der Waals surface area contributed by atoms with Crippen LogP contribution in [0.1, 0.15) is 104 Å². The number of thioether (sulfide) groups is 1. The average Bonchev–Trinajstić information content (AvgIpc) is 2.76. The molecule has 1 aromatic carbocycles. The van der Waals surface area contributed by atoms with E-state index in [4.69, 9.17) is 4.98 Å². The SMILES string of the molecule is CCCCCCCCCCCCCCCCNc1nc(SCC)nc2ccccc12. The number of aromatic nitrogens is 2. The first-order valence-corrected chi connectivity index (χ1v) is 13.5. The molecule has 1 aromatic heterocycles. The molecule has 0 aliphatic heterocycles. The molecule has 0 atom stereocenters. The maximum Gasteiger partial charge on any atom is 0.190 e. The highest BCUT2D eigenvalue weighted by Crippen LogP contribution is 2.24. The molecule has 4 heteroatoms. The van der Waals surface area contributed by atoms with Gasteiger partial charge in [-0.05, 0) is 24.3 Å². The Hall–Kier alpha value is -1.29. The van der Waals surface area contributed by atoms with Crippen molar-refractivity contribution in [2.75, 3.05) is 17.6 Å². The van der Waals surface area contributed by atoms with Crippen LogP contribution < -0.4 is 5.32 Å². The summed E-state index contributed by atoms with van der Waals surface area (Å²) >= 11 is 1.71. The van der Waals surface area contributed by atoms with Gasteiger partial charge >= 0.3 is 0 Å². The fraction of sp³-hybridized carbons (Fsp3) is 0.692. The number of anilines is 1. The molecule has 0 spiro atoms. The van der Waals surface area contributed by atoms with E-state index < -0.39 is 0 Å². The van der Waals surface area contributed by atoms with Crippen LogP contribution in [0.4, 0.5) is 5.82 Å². The smallest absolute Gasteiger partial charge is 0.190 e. The number of para-hydroxylation sites is 1. The maximum absolute atomic E-state index is 4.73. The molecule has 30 heavy (non-hydrogen) atoms. The lowest BCUT2D eigenvalue weighted by Crippen LogP contribution is -2.05. The summed E-state index contributed by atoms with van der Waals surface area (Å²) in [5.41, 5.74) is 1.03. The van der Waals surface area contributed by atoms with E-state index in [-0.39, 0.29) is 0 Å². The van der Waals surface area contributed by atoms with Crippen LogP contribution in [-0.4, -0.2) is 22.3 Å². The third kappa shape index (κ3) is 10.1. The third-order valence-electron chi connectivity index (χ3n) is 5.68. The second kappa shape index (κ2) is 16.4. The number of nitrogens with zero attached hydrogens (tertiary/aromatic N) is 2. The largest absolute Gasteiger partial charge is 0.369 e. The molecule has 0 aliphatic carbocycles. The molecular weight excluding hydrogens is 386 g/mol. The topological polar surface area (TPSA) is 37.8 Å². The molecule has 3 nitrogen and oxygen atoms in total. The Morgan fingerprint density at radius 2 is 1.27 bits per heavy atom. The molecule has 0 radical (unpaired) electrons. The number of hydrogen-bond acceptors (Lipinski definition) is 4. The Labute approximate surface area is 189 Å². The van der Waals surface area contributed by atoms with E-state index in [9.17, 15) is 0 Å². The Morgan fingerprint density at radius 1 is 0.700 bits per heavy atom. The zero-order chi connectivity index (χ0) is 21.3. The summed E-state index contributed by atoms with van der Waals surface area (Å²) in [6.07, 6.45) is 19.6. The number of benzene rings is 1. The molecule has 0 saturated heterocycles. The molecular formula is C26H43N3S. The zero-order valence-corrected chi connectivity index (χ0v) is 20.2. The van der Waals surface area contributed by atoms with Crippen molar-refractivity contribution in [1.29, 1.82) is 0 Å². The lowest BCUT2D eigenvalue weighted by Gasteiger charge is -2.10. The molecule has 2 rings (SSSR count). The van der Waals surface area contributed by atoms with E-state index in [2.05, 4.69) is 42.3 Å². The standard InChI is InChI=1S/C26H43N3S/c1-3-5-6-7-8-9-10-11-12-13-14-15-16-19-22-27-25-23-20-17-18-21-24(23)28-26(29-25)30-4-2/h17-18,20-21H,3-16,19,22H2,1-2H3,(H,27,28,29). The summed E-state index contributed by atoms with van der Waals surface area (Å²) in [7, 11) is 0. The van der Waals surface area contributed by atoms with Gasteiger partial charge in [0.1, 0.15) is 5.82 Å². The highest BCUT2D eigenvalue weighted by atomic mass is 32.2. The zero-order valence-electron chi connectivity index (χ0n) is 19.4. The number of unbranched alkanes of at least 4 members (excludes halogenated alkanes) is 13. The Kier molecular flexibility index (Phi) is 13.7. The summed E-state index contributed by atoms with van der Waals surface area (Å²) in [5, 5.41) is 5.57. The van der Waals surface area contributed by atoms with Gasteiger partial charge < -0.3 is 5.32 Å². The second-order valence-electron chi connectivity index (χ2n) is 8.33. The van der Waals surface area contributed by atoms with E-state index in [1.807, 2.05) is 6.07 Å². The van der Waals surface area contributed by atoms with Crippen molar-refractivity contribution in [2.24, 2.45) is 0 Å². The predicted molar refractivity (Wildman–Crippen MR) is 135 cm³/mol. The van der Waals surface area contributed by atoms with Crippen molar-refractivity contribution in [3.05, 3.63) is 24.3 Å². The average molecular weight is 430 g/mol. The molecule has 0 unspecified atom stereocenters. The number of rotatable bonds is 18. The fourth-order valence-corrected chi connectivity index (χ4v) is 4.49. The van der Waals surface area contributed by atoms with E-state index in [0.717, 1.165) is 34.2 Å². The van der Waals surface area contributed by atoms with Crippen LogP contribution in [0.25, 0.3) is 10.9 Å². The lowest BCUT2D eigenvalue weighted by atomic mass is 10.0. The van der Waals surface area contributed by atoms with Gasteiger partial charge in [0.15, 0.2) is 5.16 Å². The second-order valence-corrected chi connectivity index (χ2v) is 9.56. The van der Waals surface area contributed by atoms with E-state index in [0.29, 0.717) is 0 Å². The van der Waals surface area contributed by atoms with Crippen LogP contribution in [0.3, 0.4) is 0 Å². The van der Waals surface area contributed by atoms with Crippen LogP contribution in [0.15, 0.2) is 29.4 Å². The summed E-state index contributed by atoms with van der Waals surface area (Å²) in [6, 6.07) is 8.31. The van der Waals surface area contributed by atoms with Gasteiger partial charge in [0.2, 0.25) is 0 Å². The van der Waals surface area contributed by atoms with Gasteiger partial charge in [-0.15, -0.1) is 0 Å². The van der Waals surface area contributed by atoms with E-state index in [1.54, 1.807) is 11.8 Å². The monoisotopic (exact) mass is 429 g/mol. The number of fused-ring (bicyclic) bond motifs is 1. The molecule has 0 bridgehead atoms. The fourth-order valence-electron chi connectivity index (χ4n) is 3.91. The van der Waals surface area contributed by atoms with Crippen molar-refractivity contribution >= 4 is 28.5 Å². The van der Waals surface area contributed by atoms with Crippen molar-refractivity contribution in [3.63, 3.8) is 0 Å². The Balaban J connectivity index is 1.51. The summed E-state index contributed by atoms with van der Waals surface area (Å²) in [4.78, 5) is 9.39. The summed E-state index contributed by atoms with van der Waals surface area (Å²) < 4.78 is 0. The molecule has 2 aromatic rings. The molecule has 0 saturated carbocycles. The molecule has 0 amide bonds. The van der Waals surface area contributed by atoms with Crippen molar-refractivity contribution in [3.8, 4) is 0 Å².